The van der Waals surface area contributed by atoms with E-state index in [9.17, 15) is 0 Å². The van der Waals surface area contributed by atoms with Gasteiger partial charge in [0.15, 0.2) is 0 Å². The van der Waals surface area contributed by atoms with E-state index in [4.69, 9.17) is 0 Å². The van der Waals surface area contributed by atoms with Gasteiger partial charge in [-0.25, -0.2) is 0 Å². The first-order valence-electron chi connectivity index (χ1n) is 0. The van der Waals surface area contributed by atoms with Crippen molar-refractivity contribution in [1.29, 1.82) is 0 Å². The molecule has 0 amide bonds. The van der Waals surface area contributed by atoms with Gasteiger partial charge < -0.3 is 0 Å². The van der Waals surface area contributed by atoms with Gasteiger partial charge in [0.25, 0.3) is 0 Å². The van der Waals surface area contributed by atoms with Crippen LogP contribution in [0.25, 0.3) is 0 Å². The quantitative estimate of drug-likeness (QED) is 0.489. The summed E-state index contributed by atoms with van der Waals surface area (Å²) in [6.45, 7) is 0. The van der Waals surface area contributed by atoms with E-state index in [-0.39, 0.29) is 77.3 Å². The van der Waals surface area contributed by atoms with Crippen LogP contribution >= 0.6 is 0 Å². The van der Waals surface area contributed by atoms with Crippen molar-refractivity contribution in [3.8, 4) is 0 Å². The van der Waals surface area contributed by atoms with E-state index in [1.165, 1.54) is 0 Å². The second kappa shape index (κ2) is 18.0. The molecule has 0 aliphatic rings. The maximum Gasteiger partial charge on any atom is 0 e. The van der Waals surface area contributed by atoms with E-state index in [0.717, 1.165) is 0 Å². The van der Waals surface area contributed by atoms with Crippen molar-refractivity contribution in [2.45, 2.75) is 0 Å². The monoisotopic (exact) mass is 206 g/mol. The Bertz CT molecular complexity index is 6.00. The van der Waals surface area contributed by atoms with Crippen LogP contribution in [0.15, 0.2) is 0 Å². The normalized spacial score (nSPS) is 0. The minimum atomic E-state index is 0. The van der Waals surface area contributed by atoms with Crippen molar-refractivity contribution in [3.63, 3.8) is 0 Å². The Balaban J connectivity index is 0. The molecular weight excluding hydrogens is 206 g/mol. The van der Waals surface area contributed by atoms with Crippen molar-refractivity contribution in [2.75, 3.05) is 0 Å². The molecule has 0 aromatic heterocycles. The first kappa shape index (κ1) is 31.9. The fourth-order valence-corrected chi connectivity index (χ4v) is 0. The summed E-state index contributed by atoms with van der Waals surface area (Å²) >= 11 is 0. The molecule has 24 valence electrons. The molecule has 0 aromatic carbocycles. The summed E-state index contributed by atoms with van der Waals surface area (Å²) in [5.74, 6) is 0. The fraction of sp³-hybridized carbons (Fsp3) is 0. The van der Waals surface area contributed by atoms with Gasteiger partial charge in [-0.15, -0.1) is 0 Å². The summed E-state index contributed by atoms with van der Waals surface area (Å²) in [7, 11) is 0. The van der Waals surface area contributed by atoms with Crippen molar-refractivity contribution in [2.24, 2.45) is 0 Å². The third kappa shape index (κ3) is 8.82. The third-order valence-electron chi connectivity index (χ3n) is 0. The zero-order valence-electron chi connectivity index (χ0n) is 1.72. The predicted octanol–water partition coefficient (Wildman–Crippen LogP) is -0.0100. The van der Waals surface area contributed by atoms with E-state index in [2.05, 4.69) is 0 Å². The molecule has 0 unspecified atom stereocenters. The first-order chi connectivity index (χ1) is 0. The Hall–Kier alpha value is 2.45. The summed E-state index contributed by atoms with van der Waals surface area (Å²) in [4.78, 5) is 0. The zero-order chi connectivity index (χ0) is 0. The molecule has 0 N–H and O–H groups in total. The van der Waals surface area contributed by atoms with Gasteiger partial charge in [0.05, 0.1) is 0 Å². The Labute approximate surface area is 76.3 Å². The van der Waals surface area contributed by atoms with Gasteiger partial charge in [0.2, 0.25) is 0 Å². The topological polar surface area (TPSA) is 0 Å². The van der Waals surface area contributed by atoms with Gasteiger partial charge in [0, 0.05) is 77.3 Å². The maximum absolute atomic E-state index is 0. The van der Waals surface area contributed by atoms with E-state index >= 15 is 0 Å². The first-order valence-corrected chi connectivity index (χ1v) is 0. The molecule has 0 bridgehead atoms. The molecule has 0 saturated carbocycles. The van der Waals surface area contributed by atoms with Gasteiger partial charge >= 0.3 is 0 Å². The molecule has 0 atom stereocenters. The molecule has 0 rings (SSSR count). The Kier molecular flexibility index (Phi) is 143. The van der Waals surface area contributed by atoms with Crippen LogP contribution in [0.1, 0.15) is 0 Å². The van der Waals surface area contributed by atoms with Crippen LogP contribution in [0.3, 0.4) is 0 Å². The molecule has 0 radical (unpaired) electrons. The van der Waals surface area contributed by atoms with Gasteiger partial charge in [-0.05, 0) is 0 Å². The molecule has 0 heterocycles. The average molecular weight is 206 g/mol. The standard InChI is InChI=1S/Cr.Ni.2Ti. The van der Waals surface area contributed by atoms with Crippen LogP contribution < -0.4 is 0 Å². The van der Waals surface area contributed by atoms with E-state index in [1.54, 1.807) is 0 Å². The minimum Gasteiger partial charge on any atom is 0 e. The van der Waals surface area contributed by atoms with E-state index in [1.807, 2.05) is 0 Å². The molecule has 4 heteroatoms. The van der Waals surface area contributed by atoms with Crippen LogP contribution in [0.5, 0.6) is 0 Å². The van der Waals surface area contributed by atoms with Crippen molar-refractivity contribution in [1.82, 2.24) is 0 Å². The Morgan fingerprint density at radius 2 is 0.750 bits per heavy atom. The predicted molar refractivity (Wildman–Crippen MR) is 0 cm³/mol. The average Bonchev–Trinajstić information content (AvgIpc) is 0. The summed E-state index contributed by atoms with van der Waals surface area (Å²) < 4.78 is 0. The smallest absolute Gasteiger partial charge is 0 e. The largest absolute Gasteiger partial charge is 0 e. The molecular formula is CrNiTi2. The molecule has 0 fully saturated rings. The second-order valence-corrected chi connectivity index (χ2v) is 0. The van der Waals surface area contributed by atoms with Gasteiger partial charge in [0.1, 0.15) is 0 Å². The Morgan fingerprint density at radius 3 is 0.750 bits per heavy atom. The molecule has 0 aromatic rings. The van der Waals surface area contributed by atoms with Gasteiger partial charge in [-0.3, -0.25) is 0 Å². The number of hydrogen-bond acceptors (Lipinski definition) is 0. The second-order valence-electron chi connectivity index (χ2n) is 0. The van der Waals surface area contributed by atoms with Gasteiger partial charge in [-0.1, -0.05) is 0 Å². The van der Waals surface area contributed by atoms with Crippen molar-refractivity contribution < 1.29 is 77.3 Å². The summed E-state index contributed by atoms with van der Waals surface area (Å²) in [6, 6.07) is 0. The van der Waals surface area contributed by atoms with E-state index in [0.29, 0.717) is 0 Å². The summed E-state index contributed by atoms with van der Waals surface area (Å²) in [6.07, 6.45) is 0. The zero-order valence-corrected chi connectivity index (χ0v) is 7.11. The fourth-order valence-electron chi connectivity index (χ4n) is 0. The Morgan fingerprint density at radius 1 is 0.750 bits per heavy atom. The van der Waals surface area contributed by atoms with Crippen LogP contribution in [-0.4, -0.2) is 0 Å². The molecule has 0 spiro atoms. The van der Waals surface area contributed by atoms with Crippen molar-refractivity contribution in [3.05, 3.63) is 0 Å². The van der Waals surface area contributed by atoms with Crippen LogP contribution in [0.2, 0.25) is 0 Å². The van der Waals surface area contributed by atoms with Crippen molar-refractivity contribution >= 4 is 0 Å². The molecule has 0 saturated heterocycles. The summed E-state index contributed by atoms with van der Waals surface area (Å²) in [5, 5.41) is 0. The third-order valence-corrected chi connectivity index (χ3v) is 0. The maximum atomic E-state index is 0. The number of hydrogen-bond donors (Lipinski definition) is 0. The minimum absolute atomic E-state index is 0. The van der Waals surface area contributed by atoms with Crippen LogP contribution in [0, 0.1) is 0 Å². The molecule has 0 aliphatic carbocycles. The van der Waals surface area contributed by atoms with Crippen LogP contribution in [-0.2, 0) is 77.3 Å². The van der Waals surface area contributed by atoms with E-state index < -0.39 is 0 Å². The SMILES string of the molecule is [Cr].[Ni].[Ti].[Ti]. The molecule has 4 heavy (non-hydrogen) atoms. The number of rotatable bonds is 0. The molecule has 0 aliphatic heterocycles. The van der Waals surface area contributed by atoms with Gasteiger partial charge in [-0.2, -0.15) is 0 Å². The molecule has 0 nitrogen and oxygen atoms in total. The summed E-state index contributed by atoms with van der Waals surface area (Å²) in [5.41, 5.74) is 0. The van der Waals surface area contributed by atoms with Crippen LogP contribution in [0.4, 0.5) is 0 Å².